The van der Waals surface area contributed by atoms with Crippen molar-refractivity contribution in [2.45, 2.75) is 38.5 Å². The van der Waals surface area contributed by atoms with Crippen molar-refractivity contribution < 1.29 is 9.53 Å². The van der Waals surface area contributed by atoms with Crippen LogP contribution in [-0.2, 0) is 9.53 Å². The summed E-state index contributed by atoms with van der Waals surface area (Å²) in [5, 5.41) is 3.20. The zero-order valence-corrected chi connectivity index (χ0v) is 10.4. The highest BCUT2D eigenvalue weighted by Crippen LogP contribution is 2.13. The SMILES string of the molecule is C=CCN(C(=O)C1CC(OC)CN1)C(C)C. The van der Waals surface area contributed by atoms with Crippen LogP contribution < -0.4 is 5.32 Å². The normalized spacial score (nSPS) is 24.8. The second-order valence-corrected chi connectivity index (χ2v) is 4.43. The molecule has 92 valence electrons. The minimum atomic E-state index is -0.104. The van der Waals surface area contributed by atoms with Gasteiger partial charge in [0.1, 0.15) is 0 Å². The number of hydrogen-bond donors (Lipinski definition) is 1. The van der Waals surface area contributed by atoms with Crippen molar-refractivity contribution in [1.82, 2.24) is 10.2 Å². The Morgan fingerprint density at radius 1 is 1.69 bits per heavy atom. The highest BCUT2D eigenvalue weighted by atomic mass is 16.5. The number of hydrogen-bond acceptors (Lipinski definition) is 3. The summed E-state index contributed by atoms with van der Waals surface area (Å²) in [4.78, 5) is 14.0. The molecule has 1 aliphatic heterocycles. The topological polar surface area (TPSA) is 41.6 Å². The molecule has 0 aromatic carbocycles. The lowest BCUT2D eigenvalue weighted by Gasteiger charge is -2.28. The van der Waals surface area contributed by atoms with Crippen LogP contribution in [0.4, 0.5) is 0 Å². The fourth-order valence-electron chi connectivity index (χ4n) is 1.97. The molecular formula is C12H22N2O2. The Balaban J connectivity index is 2.58. The van der Waals surface area contributed by atoms with E-state index in [1.165, 1.54) is 0 Å². The largest absolute Gasteiger partial charge is 0.380 e. The Kier molecular flexibility index (Phi) is 4.96. The lowest BCUT2D eigenvalue weighted by molar-refractivity contribution is -0.134. The molecule has 1 rings (SSSR count). The van der Waals surface area contributed by atoms with Crippen molar-refractivity contribution in [2.75, 3.05) is 20.2 Å². The van der Waals surface area contributed by atoms with Crippen LogP contribution in [0.3, 0.4) is 0 Å². The van der Waals surface area contributed by atoms with Crippen LogP contribution >= 0.6 is 0 Å². The van der Waals surface area contributed by atoms with Gasteiger partial charge in [-0.3, -0.25) is 4.79 Å². The van der Waals surface area contributed by atoms with Gasteiger partial charge in [0.15, 0.2) is 0 Å². The molecule has 16 heavy (non-hydrogen) atoms. The maximum absolute atomic E-state index is 12.2. The van der Waals surface area contributed by atoms with Gasteiger partial charge in [0.25, 0.3) is 0 Å². The first-order chi connectivity index (χ1) is 7.60. The van der Waals surface area contributed by atoms with E-state index in [1.807, 2.05) is 18.7 Å². The van der Waals surface area contributed by atoms with Crippen LogP contribution in [0, 0.1) is 0 Å². The average Bonchev–Trinajstić information content (AvgIpc) is 2.73. The van der Waals surface area contributed by atoms with Crippen LogP contribution in [-0.4, -0.2) is 49.2 Å². The molecule has 1 saturated heterocycles. The highest BCUT2D eigenvalue weighted by Gasteiger charge is 2.32. The summed E-state index contributed by atoms with van der Waals surface area (Å²) >= 11 is 0. The molecule has 1 amide bonds. The Labute approximate surface area is 97.6 Å². The smallest absolute Gasteiger partial charge is 0.240 e. The number of rotatable bonds is 5. The molecule has 0 spiro atoms. The van der Waals surface area contributed by atoms with E-state index in [-0.39, 0.29) is 24.1 Å². The van der Waals surface area contributed by atoms with Crippen molar-refractivity contribution in [3.63, 3.8) is 0 Å². The first-order valence-corrected chi connectivity index (χ1v) is 5.77. The van der Waals surface area contributed by atoms with E-state index in [0.29, 0.717) is 6.54 Å². The van der Waals surface area contributed by atoms with E-state index in [4.69, 9.17) is 4.74 Å². The third-order valence-electron chi connectivity index (χ3n) is 2.95. The molecule has 4 heteroatoms. The summed E-state index contributed by atoms with van der Waals surface area (Å²) in [5.41, 5.74) is 0. The second-order valence-electron chi connectivity index (χ2n) is 4.43. The molecule has 0 aromatic heterocycles. The third kappa shape index (κ3) is 3.06. The lowest BCUT2D eigenvalue weighted by Crippen LogP contribution is -2.46. The number of amides is 1. The third-order valence-corrected chi connectivity index (χ3v) is 2.95. The van der Waals surface area contributed by atoms with E-state index < -0.39 is 0 Å². The predicted octanol–water partition coefficient (Wildman–Crippen LogP) is 0.786. The van der Waals surface area contributed by atoms with E-state index in [2.05, 4.69) is 11.9 Å². The molecule has 0 radical (unpaired) electrons. The van der Waals surface area contributed by atoms with Gasteiger partial charge in [0.05, 0.1) is 12.1 Å². The summed E-state index contributed by atoms with van der Waals surface area (Å²) in [7, 11) is 1.68. The Morgan fingerprint density at radius 3 is 2.81 bits per heavy atom. The van der Waals surface area contributed by atoms with Crippen LogP contribution in [0.25, 0.3) is 0 Å². The van der Waals surface area contributed by atoms with Crippen molar-refractivity contribution in [2.24, 2.45) is 0 Å². The molecule has 1 aliphatic rings. The number of nitrogens with zero attached hydrogens (tertiary/aromatic N) is 1. The number of methoxy groups -OCH3 is 1. The summed E-state index contributed by atoms with van der Waals surface area (Å²) in [6.45, 7) is 9.08. The number of nitrogens with one attached hydrogen (secondary N) is 1. The molecule has 0 saturated carbocycles. The molecular weight excluding hydrogens is 204 g/mol. The summed E-state index contributed by atoms with van der Waals surface area (Å²) in [6, 6.07) is 0.0983. The van der Waals surface area contributed by atoms with Gasteiger partial charge in [-0.15, -0.1) is 6.58 Å². The van der Waals surface area contributed by atoms with Gasteiger partial charge in [-0.1, -0.05) is 6.08 Å². The van der Waals surface area contributed by atoms with E-state index >= 15 is 0 Å². The van der Waals surface area contributed by atoms with Crippen molar-refractivity contribution in [1.29, 1.82) is 0 Å². The molecule has 0 aliphatic carbocycles. The maximum atomic E-state index is 12.2. The van der Waals surface area contributed by atoms with Gasteiger partial charge < -0.3 is 15.0 Å². The Morgan fingerprint density at radius 2 is 2.38 bits per heavy atom. The van der Waals surface area contributed by atoms with E-state index in [1.54, 1.807) is 13.2 Å². The van der Waals surface area contributed by atoms with Crippen molar-refractivity contribution in [3.05, 3.63) is 12.7 Å². The van der Waals surface area contributed by atoms with Gasteiger partial charge in [0.2, 0.25) is 5.91 Å². The van der Waals surface area contributed by atoms with E-state index in [0.717, 1.165) is 13.0 Å². The van der Waals surface area contributed by atoms with Gasteiger partial charge in [0, 0.05) is 26.2 Å². The summed E-state index contributed by atoms with van der Waals surface area (Å²) < 4.78 is 5.24. The quantitative estimate of drug-likeness (QED) is 0.705. The fourth-order valence-corrected chi connectivity index (χ4v) is 1.97. The standard InChI is InChI=1S/C12H22N2O2/c1-5-6-14(9(2)3)12(15)11-7-10(16-4)8-13-11/h5,9-11,13H,1,6-8H2,2-4H3. The van der Waals surface area contributed by atoms with Crippen LogP contribution in [0.2, 0.25) is 0 Å². The molecule has 0 bridgehead atoms. The van der Waals surface area contributed by atoms with Gasteiger partial charge in [-0.2, -0.15) is 0 Å². The number of carbonyl (C=O) groups excluding carboxylic acids is 1. The second kappa shape index (κ2) is 6.01. The van der Waals surface area contributed by atoms with Crippen LogP contribution in [0.5, 0.6) is 0 Å². The predicted molar refractivity (Wildman–Crippen MR) is 64.3 cm³/mol. The molecule has 2 unspecified atom stereocenters. The molecule has 4 nitrogen and oxygen atoms in total. The molecule has 0 aromatic rings. The minimum absolute atomic E-state index is 0.104. The van der Waals surface area contributed by atoms with Gasteiger partial charge in [-0.25, -0.2) is 0 Å². The molecule has 2 atom stereocenters. The first-order valence-electron chi connectivity index (χ1n) is 5.77. The summed E-state index contributed by atoms with van der Waals surface area (Å²) in [5.74, 6) is 0.148. The van der Waals surface area contributed by atoms with E-state index in [9.17, 15) is 4.79 Å². The maximum Gasteiger partial charge on any atom is 0.240 e. The molecule has 1 fully saturated rings. The fraction of sp³-hybridized carbons (Fsp3) is 0.750. The monoisotopic (exact) mass is 226 g/mol. The highest BCUT2D eigenvalue weighted by molar-refractivity contribution is 5.82. The number of carbonyl (C=O) groups is 1. The zero-order valence-electron chi connectivity index (χ0n) is 10.4. The minimum Gasteiger partial charge on any atom is -0.380 e. The first kappa shape index (κ1) is 13.2. The Hall–Kier alpha value is -0.870. The average molecular weight is 226 g/mol. The molecule has 1 heterocycles. The lowest BCUT2D eigenvalue weighted by atomic mass is 10.1. The van der Waals surface area contributed by atoms with Crippen LogP contribution in [0.1, 0.15) is 20.3 Å². The van der Waals surface area contributed by atoms with Crippen LogP contribution in [0.15, 0.2) is 12.7 Å². The Bertz CT molecular complexity index is 253. The molecule has 1 N–H and O–H groups in total. The summed E-state index contributed by atoms with van der Waals surface area (Å²) in [6.07, 6.45) is 2.68. The zero-order chi connectivity index (χ0) is 12.1. The van der Waals surface area contributed by atoms with Gasteiger partial charge in [-0.05, 0) is 20.3 Å². The van der Waals surface area contributed by atoms with Crippen molar-refractivity contribution in [3.8, 4) is 0 Å². The van der Waals surface area contributed by atoms with Gasteiger partial charge >= 0.3 is 0 Å². The number of ether oxygens (including phenoxy) is 1. The van der Waals surface area contributed by atoms with Crippen molar-refractivity contribution >= 4 is 5.91 Å².